The number of hydrogen-bond acceptors (Lipinski definition) is 8. The molecule has 0 saturated heterocycles. The van der Waals surface area contributed by atoms with Crippen LogP contribution in [-0.2, 0) is 6.54 Å². The largest absolute Gasteiger partial charge is 0.365 e. The molecule has 0 aliphatic rings. The van der Waals surface area contributed by atoms with Crippen molar-refractivity contribution in [1.82, 2.24) is 15.3 Å². The molecule has 9 nitrogen and oxygen atoms in total. The number of aromatic nitrogens is 3. The highest BCUT2D eigenvalue weighted by atomic mass is 16.6. The van der Waals surface area contributed by atoms with E-state index in [9.17, 15) is 10.1 Å². The van der Waals surface area contributed by atoms with E-state index in [0.29, 0.717) is 17.9 Å². The van der Waals surface area contributed by atoms with Gasteiger partial charge >= 0.3 is 5.69 Å². The van der Waals surface area contributed by atoms with E-state index in [1.165, 1.54) is 0 Å². The monoisotopic (exact) mass is 418 g/mol. The summed E-state index contributed by atoms with van der Waals surface area (Å²) in [6.45, 7) is 3.51. The average Bonchev–Trinajstić information content (AvgIpc) is 3.27. The normalized spacial score (nSPS) is 10.9. The fourth-order valence-electron chi connectivity index (χ4n) is 3.45. The highest BCUT2D eigenvalue weighted by Crippen LogP contribution is 2.40. The van der Waals surface area contributed by atoms with E-state index in [2.05, 4.69) is 44.6 Å². The molecule has 1 N–H and O–H groups in total. The van der Waals surface area contributed by atoms with Gasteiger partial charge in [0.2, 0.25) is 5.52 Å². The van der Waals surface area contributed by atoms with Crippen LogP contribution in [0.5, 0.6) is 0 Å². The molecule has 0 fully saturated rings. The van der Waals surface area contributed by atoms with Gasteiger partial charge in [0.25, 0.3) is 0 Å². The molecule has 9 heteroatoms. The van der Waals surface area contributed by atoms with Crippen molar-refractivity contribution < 1.29 is 9.55 Å². The van der Waals surface area contributed by atoms with Gasteiger partial charge in [-0.05, 0) is 40.5 Å². The van der Waals surface area contributed by atoms with Gasteiger partial charge in [-0.15, -0.1) is 0 Å². The summed E-state index contributed by atoms with van der Waals surface area (Å²) in [6, 6.07) is 17.1. The number of hydrogen-bond donors (Lipinski definition) is 1. The Bertz CT molecular complexity index is 1160. The molecule has 158 valence electrons. The highest BCUT2D eigenvalue weighted by molar-refractivity contribution is 6.00. The second-order valence-corrected chi connectivity index (χ2v) is 7.11. The molecule has 0 saturated carbocycles. The molecule has 0 aliphatic heterocycles. The lowest BCUT2D eigenvalue weighted by Crippen LogP contribution is -2.24. The van der Waals surface area contributed by atoms with Gasteiger partial charge in [0.1, 0.15) is 11.5 Å². The van der Waals surface area contributed by atoms with Crippen LogP contribution in [0, 0.1) is 10.1 Å². The number of nitro benzene ring substituents is 1. The first-order valence-electron chi connectivity index (χ1n) is 10.1. The van der Waals surface area contributed by atoms with Crippen LogP contribution in [0.3, 0.4) is 0 Å². The molecule has 2 heterocycles. The SMILES string of the molecule is CCCCN(Cc1ccccc1)c1cc(Nc2ccccn2)c([N+](=O)[O-])c2nonc12. The summed E-state index contributed by atoms with van der Waals surface area (Å²) in [4.78, 5) is 17.8. The van der Waals surface area contributed by atoms with Crippen LogP contribution < -0.4 is 10.2 Å². The number of anilines is 3. The van der Waals surface area contributed by atoms with Gasteiger partial charge < -0.3 is 10.2 Å². The second kappa shape index (κ2) is 9.21. The van der Waals surface area contributed by atoms with Gasteiger partial charge in [-0.3, -0.25) is 10.1 Å². The zero-order valence-corrected chi connectivity index (χ0v) is 17.1. The average molecular weight is 418 g/mol. The number of unbranched alkanes of at least 4 members (excludes halogenated alkanes) is 1. The van der Waals surface area contributed by atoms with Crippen LogP contribution in [-0.4, -0.2) is 26.8 Å². The summed E-state index contributed by atoms with van der Waals surface area (Å²) in [5.74, 6) is 0.496. The molecule has 0 amide bonds. The molecule has 0 atom stereocenters. The summed E-state index contributed by atoms with van der Waals surface area (Å²) in [5.41, 5.74) is 2.41. The van der Waals surface area contributed by atoms with Crippen molar-refractivity contribution in [2.45, 2.75) is 26.3 Å². The van der Waals surface area contributed by atoms with Gasteiger partial charge in [-0.1, -0.05) is 49.7 Å². The Morgan fingerprint density at radius 1 is 1.10 bits per heavy atom. The Kier molecular flexibility index (Phi) is 6.02. The maximum absolute atomic E-state index is 11.9. The van der Waals surface area contributed by atoms with Crippen molar-refractivity contribution in [1.29, 1.82) is 0 Å². The maximum Gasteiger partial charge on any atom is 0.324 e. The molecule has 2 aromatic heterocycles. The Labute approximate surface area is 178 Å². The minimum absolute atomic E-state index is 0.107. The minimum Gasteiger partial charge on any atom is -0.365 e. The predicted molar refractivity (Wildman–Crippen MR) is 118 cm³/mol. The van der Waals surface area contributed by atoms with Gasteiger partial charge in [0.05, 0.1) is 10.6 Å². The zero-order chi connectivity index (χ0) is 21.6. The first kappa shape index (κ1) is 20.3. The Morgan fingerprint density at radius 3 is 2.58 bits per heavy atom. The molecule has 0 radical (unpaired) electrons. The molecular formula is C22H22N6O3. The van der Waals surface area contributed by atoms with Crippen LogP contribution in [0.2, 0.25) is 0 Å². The fraction of sp³-hybridized carbons (Fsp3) is 0.227. The van der Waals surface area contributed by atoms with Crippen molar-refractivity contribution in [2.75, 3.05) is 16.8 Å². The first-order chi connectivity index (χ1) is 15.2. The zero-order valence-electron chi connectivity index (χ0n) is 17.1. The third-order valence-corrected chi connectivity index (χ3v) is 4.94. The standard InChI is InChI=1S/C22H22N6O3/c1-2-3-13-27(15-16-9-5-4-6-10-16)18-14-17(24-19-11-7-8-12-23-19)22(28(29)30)21-20(18)25-31-26-21/h4-12,14H,2-3,13,15H2,1H3,(H,23,24). The topological polar surface area (TPSA) is 110 Å². The maximum atomic E-state index is 11.9. The van der Waals surface area contributed by atoms with Gasteiger partial charge in [0.15, 0.2) is 5.52 Å². The van der Waals surface area contributed by atoms with Crippen molar-refractivity contribution in [3.8, 4) is 0 Å². The molecule has 0 bridgehead atoms. The number of nitrogens with one attached hydrogen (secondary N) is 1. The van der Waals surface area contributed by atoms with E-state index in [1.54, 1.807) is 30.5 Å². The lowest BCUT2D eigenvalue weighted by atomic mass is 10.1. The molecule has 4 aromatic rings. The first-order valence-corrected chi connectivity index (χ1v) is 10.1. The summed E-state index contributed by atoms with van der Waals surface area (Å²) in [6.07, 6.45) is 3.59. The lowest BCUT2D eigenvalue weighted by Gasteiger charge is -2.25. The van der Waals surface area contributed by atoms with Crippen LogP contribution in [0.1, 0.15) is 25.3 Å². The molecular weight excluding hydrogens is 396 g/mol. The number of nitro groups is 1. The van der Waals surface area contributed by atoms with Crippen molar-refractivity contribution in [3.63, 3.8) is 0 Å². The Balaban J connectivity index is 1.84. The molecule has 2 aromatic carbocycles. The molecule has 0 aliphatic carbocycles. The number of pyridine rings is 1. The Hall–Kier alpha value is -4.01. The smallest absolute Gasteiger partial charge is 0.324 e. The molecule has 0 unspecified atom stereocenters. The van der Waals surface area contributed by atoms with Crippen LogP contribution >= 0.6 is 0 Å². The lowest BCUT2D eigenvalue weighted by molar-refractivity contribution is -0.382. The fourth-order valence-corrected chi connectivity index (χ4v) is 3.45. The number of fused-ring (bicyclic) bond motifs is 1. The van der Waals surface area contributed by atoms with Crippen LogP contribution in [0.4, 0.5) is 22.9 Å². The summed E-state index contributed by atoms with van der Waals surface area (Å²) >= 11 is 0. The van der Waals surface area contributed by atoms with Crippen molar-refractivity contribution in [3.05, 3.63) is 76.5 Å². The van der Waals surface area contributed by atoms with Gasteiger partial charge in [0, 0.05) is 19.3 Å². The van der Waals surface area contributed by atoms with E-state index < -0.39 is 4.92 Å². The third kappa shape index (κ3) is 4.45. The van der Waals surface area contributed by atoms with Crippen molar-refractivity contribution in [2.24, 2.45) is 0 Å². The summed E-state index contributed by atoms with van der Waals surface area (Å²) < 4.78 is 4.93. The Morgan fingerprint density at radius 2 is 1.87 bits per heavy atom. The summed E-state index contributed by atoms with van der Waals surface area (Å²) in [5, 5.41) is 22.8. The minimum atomic E-state index is -0.477. The second-order valence-electron chi connectivity index (χ2n) is 7.11. The van der Waals surface area contributed by atoms with Crippen LogP contribution in [0.25, 0.3) is 11.0 Å². The number of benzene rings is 2. The summed E-state index contributed by atoms with van der Waals surface area (Å²) in [7, 11) is 0. The predicted octanol–water partition coefficient (Wildman–Crippen LogP) is 5.08. The van der Waals surface area contributed by atoms with E-state index in [-0.39, 0.29) is 16.9 Å². The third-order valence-electron chi connectivity index (χ3n) is 4.94. The van der Waals surface area contributed by atoms with E-state index in [4.69, 9.17) is 4.63 Å². The van der Waals surface area contributed by atoms with E-state index >= 15 is 0 Å². The van der Waals surface area contributed by atoms with Crippen molar-refractivity contribution >= 4 is 33.9 Å². The quantitative estimate of drug-likeness (QED) is 0.296. The molecule has 0 spiro atoms. The van der Waals surface area contributed by atoms with E-state index in [1.807, 2.05) is 18.2 Å². The van der Waals surface area contributed by atoms with Gasteiger partial charge in [-0.2, -0.15) is 0 Å². The number of rotatable bonds is 9. The van der Waals surface area contributed by atoms with Gasteiger partial charge in [-0.25, -0.2) is 9.61 Å². The molecule has 4 rings (SSSR count). The van der Waals surface area contributed by atoms with Crippen LogP contribution in [0.15, 0.2) is 65.4 Å². The van der Waals surface area contributed by atoms with E-state index in [0.717, 1.165) is 30.6 Å². The number of nitrogens with zero attached hydrogens (tertiary/aromatic N) is 5. The highest BCUT2D eigenvalue weighted by Gasteiger charge is 2.28. The molecule has 31 heavy (non-hydrogen) atoms.